The molecule has 0 bridgehead atoms. The second-order valence-electron chi connectivity index (χ2n) is 8.82. The molecule has 4 rings (SSSR count). The quantitative estimate of drug-likeness (QED) is 0.302. The fraction of sp³-hybridized carbons (Fsp3) is 0.385. The van der Waals surface area contributed by atoms with Gasteiger partial charge in [-0.1, -0.05) is 36.8 Å². The van der Waals surface area contributed by atoms with E-state index >= 15 is 0 Å². The molecule has 0 aliphatic heterocycles. The summed E-state index contributed by atoms with van der Waals surface area (Å²) in [5.41, 5.74) is 9.86. The van der Waals surface area contributed by atoms with Crippen LogP contribution in [0.15, 0.2) is 48.2 Å². The summed E-state index contributed by atoms with van der Waals surface area (Å²) in [4.78, 5) is 17.9. The Balaban J connectivity index is 1.53. The van der Waals surface area contributed by atoms with Gasteiger partial charge in [0.15, 0.2) is 5.82 Å². The number of nitrogens with zero attached hydrogens (tertiary/aromatic N) is 5. The summed E-state index contributed by atoms with van der Waals surface area (Å²) in [6, 6.07) is 13.6. The Bertz CT molecular complexity index is 1190. The highest BCUT2D eigenvalue weighted by molar-refractivity contribution is 5.64. The van der Waals surface area contributed by atoms with E-state index in [1.807, 2.05) is 49.4 Å². The van der Waals surface area contributed by atoms with E-state index in [0.29, 0.717) is 28.9 Å². The van der Waals surface area contributed by atoms with Crippen molar-refractivity contribution in [2.75, 3.05) is 26.0 Å². The van der Waals surface area contributed by atoms with Gasteiger partial charge in [-0.05, 0) is 44.7 Å². The summed E-state index contributed by atoms with van der Waals surface area (Å²) in [5, 5.41) is 4.65. The Morgan fingerprint density at radius 1 is 1.03 bits per heavy atom. The van der Waals surface area contributed by atoms with Crippen LogP contribution in [-0.2, 0) is 0 Å². The zero-order valence-corrected chi connectivity index (χ0v) is 21.1. The number of hydrazine groups is 1. The lowest BCUT2D eigenvalue weighted by atomic mass is 9.98. The monoisotopic (exact) mass is 490 g/mol. The third-order valence-electron chi connectivity index (χ3n) is 6.14. The molecule has 0 atom stereocenters. The van der Waals surface area contributed by atoms with E-state index in [4.69, 9.17) is 26.0 Å². The number of aromatic nitrogens is 4. The van der Waals surface area contributed by atoms with Gasteiger partial charge in [-0.3, -0.25) is 0 Å². The number of methoxy groups -OCH3 is 1. The van der Waals surface area contributed by atoms with Crippen LogP contribution in [0.5, 0.6) is 11.8 Å². The van der Waals surface area contributed by atoms with Gasteiger partial charge in [0.1, 0.15) is 5.75 Å². The van der Waals surface area contributed by atoms with Crippen molar-refractivity contribution in [2.45, 2.75) is 45.1 Å². The molecule has 0 saturated heterocycles. The maximum atomic E-state index is 6.52. The lowest BCUT2D eigenvalue weighted by Crippen LogP contribution is -2.32. The van der Waals surface area contributed by atoms with Gasteiger partial charge in [-0.25, -0.2) is 10.8 Å². The van der Waals surface area contributed by atoms with Crippen LogP contribution in [0.2, 0.25) is 0 Å². The van der Waals surface area contributed by atoms with Crippen molar-refractivity contribution < 1.29 is 9.47 Å². The van der Waals surface area contributed by atoms with Crippen LogP contribution >= 0.6 is 0 Å². The lowest BCUT2D eigenvalue weighted by molar-refractivity contribution is 0.153. The molecule has 1 fully saturated rings. The van der Waals surface area contributed by atoms with Gasteiger partial charge < -0.3 is 25.5 Å². The Hall–Kier alpha value is -3.92. The summed E-state index contributed by atoms with van der Waals surface area (Å²) in [6.45, 7) is 2.20. The molecule has 3 aromatic rings. The molecule has 2 heterocycles. The van der Waals surface area contributed by atoms with E-state index in [-0.39, 0.29) is 18.7 Å². The van der Waals surface area contributed by atoms with Gasteiger partial charge in [0.2, 0.25) is 5.95 Å². The molecule has 10 nitrogen and oxygen atoms in total. The molecule has 0 spiro atoms. The number of hydrogen-bond donors (Lipinski definition) is 3. The number of anilines is 1. The van der Waals surface area contributed by atoms with E-state index in [0.717, 1.165) is 29.8 Å². The molecule has 2 aromatic heterocycles. The normalized spacial score (nSPS) is 14.7. The number of benzene rings is 1. The second kappa shape index (κ2) is 11.7. The van der Waals surface area contributed by atoms with Crippen molar-refractivity contribution in [3.63, 3.8) is 0 Å². The predicted octanol–water partition coefficient (Wildman–Crippen LogP) is 3.51. The molecule has 0 unspecified atom stereocenters. The second-order valence-corrected chi connectivity index (χ2v) is 8.82. The number of likely N-dealkylation sites (N-methyl/N-ethyl adjacent to an activating group) is 1. The van der Waals surface area contributed by atoms with Crippen LogP contribution in [0.1, 0.15) is 43.5 Å². The molecule has 0 amide bonds. The van der Waals surface area contributed by atoms with Crippen LogP contribution in [0.25, 0.3) is 17.1 Å². The SMILES string of the molecule is COc1nc(NC/C(=C(/N)c2ccc(OC3CCCCC3)c(C)n2)N(C)N)nc(-c2ccccc2)n1. The number of nitrogens with one attached hydrogen (secondary N) is 1. The first-order valence-electron chi connectivity index (χ1n) is 12.2. The van der Waals surface area contributed by atoms with Crippen LogP contribution in [-0.4, -0.2) is 51.8 Å². The summed E-state index contributed by atoms with van der Waals surface area (Å²) >= 11 is 0. The van der Waals surface area contributed by atoms with E-state index in [1.54, 1.807) is 7.05 Å². The zero-order valence-electron chi connectivity index (χ0n) is 21.1. The molecule has 5 N–H and O–H groups in total. The van der Waals surface area contributed by atoms with Crippen molar-refractivity contribution in [3.05, 3.63) is 59.5 Å². The Kier molecular flexibility index (Phi) is 8.17. The van der Waals surface area contributed by atoms with Crippen molar-refractivity contribution in [3.8, 4) is 23.1 Å². The number of rotatable bonds is 9. The summed E-state index contributed by atoms with van der Waals surface area (Å²) in [5.74, 6) is 7.77. The number of hydrogen-bond acceptors (Lipinski definition) is 10. The van der Waals surface area contributed by atoms with Crippen LogP contribution in [0.3, 0.4) is 0 Å². The Morgan fingerprint density at radius 3 is 2.44 bits per heavy atom. The first-order valence-corrected chi connectivity index (χ1v) is 12.2. The van der Waals surface area contributed by atoms with Crippen molar-refractivity contribution >= 4 is 11.6 Å². The first-order chi connectivity index (χ1) is 17.4. The number of aryl methyl sites for hydroxylation is 1. The summed E-state index contributed by atoms with van der Waals surface area (Å²) in [7, 11) is 3.24. The molecule has 1 aliphatic carbocycles. The highest BCUT2D eigenvalue weighted by atomic mass is 16.5. The topological polar surface area (TPSA) is 137 Å². The zero-order chi connectivity index (χ0) is 25.5. The maximum absolute atomic E-state index is 6.52. The smallest absolute Gasteiger partial charge is 0.321 e. The fourth-order valence-electron chi connectivity index (χ4n) is 4.15. The maximum Gasteiger partial charge on any atom is 0.321 e. The molecular formula is C26H34N8O2. The van der Waals surface area contributed by atoms with Crippen LogP contribution in [0.4, 0.5) is 5.95 Å². The first kappa shape index (κ1) is 25.2. The Morgan fingerprint density at radius 2 is 1.78 bits per heavy atom. The third kappa shape index (κ3) is 6.19. The minimum atomic E-state index is 0.205. The average Bonchev–Trinajstić information content (AvgIpc) is 2.90. The van der Waals surface area contributed by atoms with Crippen LogP contribution in [0, 0.1) is 6.92 Å². The van der Waals surface area contributed by atoms with Crippen LogP contribution < -0.4 is 26.4 Å². The molecule has 190 valence electrons. The predicted molar refractivity (Wildman–Crippen MR) is 140 cm³/mol. The Labute approximate surface area is 211 Å². The van der Waals surface area contributed by atoms with E-state index < -0.39 is 0 Å². The molecule has 1 aromatic carbocycles. The summed E-state index contributed by atoms with van der Waals surface area (Å²) in [6.07, 6.45) is 6.14. The summed E-state index contributed by atoms with van der Waals surface area (Å²) < 4.78 is 11.5. The molecule has 36 heavy (non-hydrogen) atoms. The number of pyridine rings is 1. The van der Waals surface area contributed by atoms with Crippen molar-refractivity contribution in [1.29, 1.82) is 0 Å². The minimum Gasteiger partial charge on any atom is -0.489 e. The average molecular weight is 491 g/mol. The van der Waals surface area contributed by atoms with E-state index in [2.05, 4.69) is 20.3 Å². The van der Waals surface area contributed by atoms with E-state index in [1.165, 1.54) is 31.4 Å². The highest BCUT2D eigenvalue weighted by Crippen LogP contribution is 2.26. The minimum absolute atomic E-state index is 0.205. The van der Waals surface area contributed by atoms with Gasteiger partial charge in [-0.2, -0.15) is 15.0 Å². The number of nitrogens with two attached hydrogens (primary N) is 2. The molecule has 10 heteroatoms. The van der Waals surface area contributed by atoms with Gasteiger partial charge in [0, 0.05) is 12.6 Å². The number of ether oxygens (including phenoxy) is 2. The fourth-order valence-corrected chi connectivity index (χ4v) is 4.15. The van der Waals surface area contributed by atoms with Gasteiger partial charge >= 0.3 is 6.01 Å². The lowest BCUT2D eigenvalue weighted by Gasteiger charge is -2.24. The standard InChI is InChI=1S/C26H34N8O2/c1-17-22(36-19-12-8-5-9-13-19)15-14-20(30-17)23(27)21(34(2)28)16-29-25-31-24(32-26(33-25)35-3)18-10-6-4-7-11-18/h4,6-7,10-11,14-15,19H,5,8-9,12-13,16,27-28H2,1-3H3,(H,29,31,32,33)/b23-21-. The highest BCUT2D eigenvalue weighted by Gasteiger charge is 2.18. The molecule has 1 aliphatic rings. The van der Waals surface area contributed by atoms with Gasteiger partial charge in [0.05, 0.1) is 42.5 Å². The molecule has 1 saturated carbocycles. The van der Waals surface area contributed by atoms with Crippen molar-refractivity contribution in [1.82, 2.24) is 24.9 Å². The van der Waals surface area contributed by atoms with Gasteiger partial charge in [-0.15, -0.1) is 0 Å². The largest absolute Gasteiger partial charge is 0.489 e. The van der Waals surface area contributed by atoms with Crippen molar-refractivity contribution in [2.24, 2.45) is 11.6 Å². The molecular weight excluding hydrogens is 456 g/mol. The van der Waals surface area contributed by atoms with E-state index in [9.17, 15) is 0 Å². The third-order valence-corrected chi connectivity index (χ3v) is 6.14. The molecule has 0 radical (unpaired) electrons. The van der Waals surface area contributed by atoms with Gasteiger partial charge in [0.25, 0.3) is 0 Å².